The molecule has 1 heterocycles. The molecule has 3 nitrogen and oxygen atoms in total. The quantitative estimate of drug-likeness (QED) is 0.683. The number of aromatic nitrogens is 2. The number of hydrogen-bond donors (Lipinski definition) is 0. The van der Waals surface area contributed by atoms with Crippen LogP contribution in [-0.4, -0.2) is 16.2 Å². The second-order valence-corrected chi connectivity index (χ2v) is 5.56. The zero-order valence-corrected chi connectivity index (χ0v) is 13.3. The molecule has 0 saturated carbocycles. The molecule has 1 aromatic heterocycles. The third-order valence-electron chi connectivity index (χ3n) is 3.88. The van der Waals surface area contributed by atoms with Crippen LogP contribution in [0.4, 0.5) is 8.78 Å². The minimum atomic E-state index is -0.383. The van der Waals surface area contributed by atoms with E-state index in [1.807, 2.05) is 17.8 Å². The first-order chi connectivity index (χ1) is 11.6. The van der Waals surface area contributed by atoms with E-state index in [1.165, 1.54) is 24.3 Å². The van der Waals surface area contributed by atoms with Gasteiger partial charge in [0.05, 0.1) is 6.61 Å². The van der Waals surface area contributed by atoms with E-state index in [4.69, 9.17) is 4.74 Å². The van der Waals surface area contributed by atoms with Gasteiger partial charge in [-0.25, -0.2) is 13.8 Å². The van der Waals surface area contributed by atoms with Gasteiger partial charge in [-0.05, 0) is 35.4 Å². The molecule has 0 atom stereocenters. The van der Waals surface area contributed by atoms with Gasteiger partial charge >= 0.3 is 0 Å². The normalized spacial score (nSPS) is 11.2. The fourth-order valence-electron chi connectivity index (χ4n) is 2.57. The number of nitrogens with zero attached hydrogens (tertiary/aromatic N) is 2. The highest BCUT2D eigenvalue weighted by atomic mass is 19.1. The van der Waals surface area contributed by atoms with E-state index >= 15 is 0 Å². The average Bonchev–Trinajstić information content (AvgIpc) is 2.99. The van der Waals surface area contributed by atoms with Crippen LogP contribution in [0, 0.1) is 11.6 Å². The molecule has 0 radical (unpaired) electrons. The predicted molar refractivity (Wildman–Crippen MR) is 87.5 cm³/mol. The maximum absolute atomic E-state index is 13.2. The summed E-state index contributed by atoms with van der Waals surface area (Å²) in [5.74, 6) is 0.321. The molecule has 0 aliphatic rings. The van der Waals surface area contributed by atoms with Gasteiger partial charge in [0, 0.05) is 25.9 Å². The minimum Gasteiger partial charge on any atom is -0.368 e. The lowest BCUT2D eigenvalue weighted by Crippen LogP contribution is -2.11. The van der Waals surface area contributed by atoms with Crippen molar-refractivity contribution in [2.75, 3.05) is 6.61 Å². The zero-order chi connectivity index (χ0) is 16.9. The van der Waals surface area contributed by atoms with Crippen LogP contribution in [0.1, 0.15) is 23.1 Å². The Morgan fingerprint density at radius 3 is 1.96 bits per heavy atom. The predicted octanol–water partition coefficient (Wildman–Crippen LogP) is 4.05. The van der Waals surface area contributed by atoms with E-state index < -0.39 is 0 Å². The molecule has 0 aliphatic heterocycles. The topological polar surface area (TPSA) is 27.1 Å². The summed E-state index contributed by atoms with van der Waals surface area (Å²) in [5.41, 5.74) is 1.64. The maximum atomic E-state index is 13.2. The van der Waals surface area contributed by atoms with E-state index in [-0.39, 0.29) is 17.7 Å². The molecule has 3 aromatic rings. The second kappa shape index (κ2) is 7.36. The van der Waals surface area contributed by atoms with Gasteiger partial charge in [0.15, 0.2) is 0 Å². The summed E-state index contributed by atoms with van der Waals surface area (Å²) in [6, 6.07) is 12.3. The number of rotatable bonds is 6. The Balaban J connectivity index is 1.77. The fraction of sp³-hybridized carbons (Fsp3) is 0.211. The number of hydrogen-bond acceptors (Lipinski definition) is 2. The molecule has 3 rings (SSSR count). The van der Waals surface area contributed by atoms with Crippen LogP contribution in [0.15, 0.2) is 60.9 Å². The number of benzene rings is 2. The standard InChI is InChI=1S/C19H18F2N2O/c1-23-12-11-22-18(23)10-13-24-19(14-2-6-16(20)7-3-14)15-4-8-17(21)9-5-15/h2-9,11-12,19H,10,13H2,1H3. The van der Waals surface area contributed by atoms with Crippen molar-refractivity contribution < 1.29 is 13.5 Å². The summed E-state index contributed by atoms with van der Waals surface area (Å²) in [4.78, 5) is 4.27. The first-order valence-corrected chi connectivity index (χ1v) is 7.72. The van der Waals surface area contributed by atoms with Crippen LogP contribution < -0.4 is 0 Å². The van der Waals surface area contributed by atoms with Crippen LogP contribution >= 0.6 is 0 Å². The fourth-order valence-corrected chi connectivity index (χ4v) is 2.57. The Bertz CT molecular complexity index is 736. The van der Waals surface area contributed by atoms with Gasteiger partial charge in [0.2, 0.25) is 0 Å². The van der Waals surface area contributed by atoms with Crippen LogP contribution in [0.3, 0.4) is 0 Å². The van der Waals surface area contributed by atoms with Crippen molar-refractivity contribution in [3.63, 3.8) is 0 Å². The van der Waals surface area contributed by atoms with Crippen molar-refractivity contribution >= 4 is 0 Å². The summed E-state index contributed by atoms with van der Waals surface area (Å²) >= 11 is 0. The SMILES string of the molecule is Cn1ccnc1CCOC(c1ccc(F)cc1)c1ccc(F)cc1. The van der Waals surface area contributed by atoms with Gasteiger partial charge < -0.3 is 9.30 Å². The molecule has 0 unspecified atom stereocenters. The van der Waals surface area contributed by atoms with Crippen molar-refractivity contribution in [1.82, 2.24) is 9.55 Å². The summed E-state index contributed by atoms with van der Waals surface area (Å²) in [6.07, 6.45) is 3.90. The number of ether oxygens (including phenoxy) is 1. The maximum Gasteiger partial charge on any atom is 0.123 e. The van der Waals surface area contributed by atoms with Crippen LogP contribution in [0.5, 0.6) is 0 Å². The van der Waals surface area contributed by atoms with Crippen LogP contribution in [0.25, 0.3) is 0 Å². The molecule has 24 heavy (non-hydrogen) atoms. The highest BCUT2D eigenvalue weighted by Crippen LogP contribution is 2.26. The highest BCUT2D eigenvalue weighted by Gasteiger charge is 2.15. The third kappa shape index (κ3) is 3.86. The van der Waals surface area contributed by atoms with Crippen molar-refractivity contribution in [3.8, 4) is 0 Å². The molecule has 0 N–H and O–H groups in total. The Labute approximate surface area is 139 Å². The summed E-state index contributed by atoms with van der Waals surface area (Å²) in [7, 11) is 1.93. The van der Waals surface area contributed by atoms with Gasteiger partial charge in [0.1, 0.15) is 23.6 Å². The lowest BCUT2D eigenvalue weighted by Gasteiger charge is -2.19. The molecule has 0 amide bonds. The first-order valence-electron chi connectivity index (χ1n) is 7.72. The smallest absolute Gasteiger partial charge is 0.123 e. The van der Waals surface area contributed by atoms with Gasteiger partial charge in [-0.1, -0.05) is 24.3 Å². The lowest BCUT2D eigenvalue weighted by molar-refractivity contribution is 0.0812. The highest BCUT2D eigenvalue weighted by molar-refractivity contribution is 5.30. The van der Waals surface area contributed by atoms with E-state index in [0.29, 0.717) is 13.0 Å². The summed E-state index contributed by atoms with van der Waals surface area (Å²) < 4.78 is 34.3. The molecule has 5 heteroatoms. The number of imidazole rings is 1. The van der Waals surface area contributed by atoms with Gasteiger partial charge in [-0.3, -0.25) is 0 Å². The van der Waals surface area contributed by atoms with Crippen molar-refractivity contribution in [3.05, 3.63) is 89.5 Å². The van der Waals surface area contributed by atoms with Gasteiger partial charge in [-0.15, -0.1) is 0 Å². The van der Waals surface area contributed by atoms with Crippen molar-refractivity contribution in [1.29, 1.82) is 0 Å². The van der Waals surface area contributed by atoms with Crippen molar-refractivity contribution in [2.24, 2.45) is 7.05 Å². The number of halogens is 2. The second-order valence-electron chi connectivity index (χ2n) is 5.56. The number of aryl methyl sites for hydroxylation is 1. The third-order valence-corrected chi connectivity index (χ3v) is 3.88. The molecule has 0 bridgehead atoms. The van der Waals surface area contributed by atoms with E-state index in [2.05, 4.69) is 4.98 Å². The van der Waals surface area contributed by atoms with E-state index in [0.717, 1.165) is 17.0 Å². The monoisotopic (exact) mass is 328 g/mol. The molecular weight excluding hydrogens is 310 g/mol. The average molecular weight is 328 g/mol. The van der Waals surface area contributed by atoms with Gasteiger partial charge in [0.25, 0.3) is 0 Å². The molecular formula is C19H18F2N2O. The van der Waals surface area contributed by atoms with E-state index in [9.17, 15) is 8.78 Å². The zero-order valence-electron chi connectivity index (χ0n) is 13.3. The lowest BCUT2D eigenvalue weighted by atomic mass is 10.0. The van der Waals surface area contributed by atoms with Crippen LogP contribution in [0.2, 0.25) is 0 Å². The van der Waals surface area contributed by atoms with Crippen molar-refractivity contribution in [2.45, 2.75) is 12.5 Å². The van der Waals surface area contributed by atoms with Crippen LogP contribution in [-0.2, 0) is 18.2 Å². The Hall–Kier alpha value is -2.53. The van der Waals surface area contributed by atoms with Gasteiger partial charge in [-0.2, -0.15) is 0 Å². The molecule has 0 spiro atoms. The Kier molecular flexibility index (Phi) is 5.01. The molecule has 2 aromatic carbocycles. The summed E-state index contributed by atoms with van der Waals surface area (Å²) in [6.45, 7) is 0.449. The Morgan fingerprint density at radius 1 is 0.958 bits per heavy atom. The molecule has 0 aliphatic carbocycles. The molecule has 0 fully saturated rings. The minimum absolute atomic E-state index is 0.301. The summed E-state index contributed by atoms with van der Waals surface area (Å²) in [5, 5.41) is 0. The largest absolute Gasteiger partial charge is 0.368 e. The first kappa shape index (κ1) is 16.3. The molecule has 124 valence electrons. The van der Waals surface area contributed by atoms with E-state index in [1.54, 1.807) is 30.5 Å². The Morgan fingerprint density at radius 2 is 1.50 bits per heavy atom. The molecule has 0 saturated heterocycles.